The Morgan fingerprint density at radius 3 is 2.71 bits per heavy atom. The first-order valence-electron chi connectivity index (χ1n) is 11.2. The van der Waals surface area contributed by atoms with Gasteiger partial charge in [0.1, 0.15) is 5.75 Å². The Bertz CT molecular complexity index is 1010. The van der Waals surface area contributed by atoms with Gasteiger partial charge in [-0.05, 0) is 72.4 Å². The first kappa shape index (κ1) is 22.5. The van der Waals surface area contributed by atoms with Gasteiger partial charge in [-0.2, -0.15) is 0 Å². The summed E-state index contributed by atoms with van der Waals surface area (Å²) in [7, 11) is 1.70. The Hall–Kier alpha value is -3.14. The number of nitrogens with one attached hydrogen (secondary N) is 1. The van der Waals surface area contributed by atoms with Crippen molar-refractivity contribution in [2.45, 2.75) is 45.4 Å². The summed E-state index contributed by atoms with van der Waals surface area (Å²) >= 11 is 0. The van der Waals surface area contributed by atoms with E-state index < -0.39 is 0 Å². The number of benzene rings is 2. The van der Waals surface area contributed by atoms with Crippen LogP contribution in [0.2, 0.25) is 0 Å². The fourth-order valence-electron chi connectivity index (χ4n) is 3.81. The lowest BCUT2D eigenvalue weighted by molar-refractivity contribution is -0.116. The summed E-state index contributed by atoms with van der Waals surface area (Å²) in [6.45, 7) is 2.88. The van der Waals surface area contributed by atoms with Crippen LogP contribution in [0.4, 0.5) is 0 Å². The largest absolute Gasteiger partial charge is 0.496 e. The van der Waals surface area contributed by atoms with E-state index in [9.17, 15) is 4.79 Å². The van der Waals surface area contributed by atoms with Crippen LogP contribution in [-0.2, 0) is 17.6 Å². The third-order valence-electron chi connectivity index (χ3n) is 5.50. The first-order chi connectivity index (χ1) is 15.2. The van der Waals surface area contributed by atoms with E-state index in [1.165, 1.54) is 16.5 Å². The average molecular weight is 417 g/mol. The van der Waals surface area contributed by atoms with Gasteiger partial charge < -0.3 is 10.1 Å². The number of methoxy groups -OCH3 is 1. The van der Waals surface area contributed by atoms with Crippen molar-refractivity contribution >= 4 is 22.8 Å². The first-order valence-corrected chi connectivity index (χ1v) is 11.2. The van der Waals surface area contributed by atoms with Crippen molar-refractivity contribution in [1.82, 2.24) is 10.3 Å². The lowest BCUT2D eigenvalue weighted by Crippen LogP contribution is -2.22. The number of aryl methyl sites for hydroxylation is 2. The predicted molar refractivity (Wildman–Crippen MR) is 128 cm³/mol. The number of carbonyl (C=O) groups is 1. The molecule has 0 saturated carbocycles. The second-order valence-corrected chi connectivity index (χ2v) is 7.74. The molecule has 31 heavy (non-hydrogen) atoms. The Labute approximate surface area is 185 Å². The van der Waals surface area contributed by atoms with Gasteiger partial charge in [0.05, 0.1) is 7.11 Å². The number of nitrogens with zero attached hydrogens (tertiary/aromatic N) is 1. The van der Waals surface area contributed by atoms with Crippen molar-refractivity contribution in [3.05, 3.63) is 77.6 Å². The molecule has 0 fully saturated rings. The van der Waals surface area contributed by atoms with Crippen molar-refractivity contribution in [1.29, 1.82) is 0 Å². The van der Waals surface area contributed by atoms with Crippen LogP contribution in [0.1, 0.15) is 49.3 Å². The highest BCUT2D eigenvalue weighted by Crippen LogP contribution is 2.31. The number of unbranched alkanes of at least 4 members (excludes halogenated alkanes) is 2. The molecule has 0 aliphatic carbocycles. The molecule has 1 N–H and O–H groups in total. The smallest absolute Gasteiger partial charge is 0.243 e. The predicted octanol–water partition coefficient (Wildman–Crippen LogP) is 5.74. The molecule has 162 valence electrons. The monoisotopic (exact) mass is 416 g/mol. The second-order valence-electron chi connectivity index (χ2n) is 7.74. The number of hydrogen-bond acceptors (Lipinski definition) is 3. The van der Waals surface area contributed by atoms with Gasteiger partial charge in [-0.1, -0.05) is 43.7 Å². The molecule has 2 aromatic carbocycles. The van der Waals surface area contributed by atoms with Crippen LogP contribution in [0.25, 0.3) is 16.8 Å². The number of rotatable bonds is 11. The van der Waals surface area contributed by atoms with E-state index >= 15 is 0 Å². The number of hydrogen-bond donors (Lipinski definition) is 1. The Morgan fingerprint density at radius 1 is 1.03 bits per heavy atom. The third-order valence-corrected chi connectivity index (χ3v) is 5.50. The molecular weight excluding hydrogens is 384 g/mol. The fourth-order valence-corrected chi connectivity index (χ4v) is 3.81. The molecule has 4 nitrogen and oxygen atoms in total. The molecule has 0 aliphatic heterocycles. The van der Waals surface area contributed by atoms with Crippen molar-refractivity contribution in [2.75, 3.05) is 13.7 Å². The maximum absolute atomic E-state index is 12.3. The Balaban J connectivity index is 1.61. The van der Waals surface area contributed by atoms with Crippen LogP contribution in [0.15, 0.2) is 60.9 Å². The SMILES string of the molecule is CCCCc1c(/C=C/C(=O)NCCCCc2cccnc2)ccc2c(OC)cccc12. The summed E-state index contributed by atoms with van der Waals surface area (Å²) in [5, 5.41) is 5.31. The molecule has 0 unspecified atom stereocenters. The topological polar surface area (TPSA) is 51.2 Å². The minimum atomic E-state index is -0.0476. The number of aromatic nitrogens is 1. The quantitative estimate of drug-likeness (QED) is 0.320. The standard InChI is InChI=1S/C27H32N2O2/c1-3-4-11-23-22(14-16-25-24(23)12-7-13-26(25)31-2)15-17-27(30)29-19-6-5-9-21-10-8-18-28-20-21/h7-8,10,12-18,20H,3-6,9,11,19H2,1-2H3,(H,29,30)/b17-15+. The zero-order chi connectivity index (χ0) is 21.9. The summed E-state index contributed by atoms with van der Waals surface area (Å²) < 4.78 is 5.53. The van der Waals surface area contributed by atoms with Crippen LogP contribution in [0.3, 0.4) is 0 Å². The minimum absolute atomic E-state index is 0.0476. The van der Waals surface area contributed by atoms with E-state index in [0.29, 0.717) is 6.54 Å². The van der Waals surface area contributed by atoms with E-state index in [0.717, 1.165) is 55.2 Å². The molecule has 0 spiro atoms. The molecule has 1 amide bonds. The fraction of sp³-hybridized carbons (Fsp3) is 0.333. The molecule has 3 aromatic rings. The number of pyridine rings is 1. The van der Waals surface area contributed by atoms with E-state index in [-0.39, 0.29) is 5.91 Å². The summed E-state index contributed by atoms with van der Waals surface area (Å²) in [6.07, 6.45) is 13.5. The average Bonchev–Trinajstić information content (AvgIpc) is 2.81. The highest BCUT2D eigenvalue weighted by atomic mass is 16.5. The van der Waals surface area contributed by atoms with E-state index in [2.05, 4.69) is 41.5 Å². The van der Waals surface area contributed by atoms with Gasteiger partial charge in [0.25, 0.3) is 0 Å². The maximum atomic E-state index is 12.3. The molecule has 1 heterocycles. The van der Waals surface area contributed by atoms with Crippen LogP contribution in [0.5, 0.6) is 5.75 Å². The minimum Gasteiger partial charge on any atom is -0.496 e. The molecule has 1 aromatic heterocycles. The summed E-state index contributed by atoms with van der Waals surface area (Å²) in [4.78, 5) is 16.4. The van der Waals surface area contributed by atoms with Crippen molar-refractivity contribution in [2.24, 2.45) is 0 Å². The number of carbonyl (C=O) groups excluding carboxylic acids is 1. The van der Waals surface area contributed by atoms with E-state index in [1.54, 1.807) is 19.4 Å². The lowest BCUT2D eigenvalue weighted by atomic mass is 9.94. The Kier molecular flexibility index (Phi) is 8.65. The molecule has 0 aliphatic rings. The van der Waals surface area contributed by atoms with E-state index in [1.807, 2.05) is 30.5 Å². The normalized spacial score (nSPS) is 11.2. The van der Waals surface area contributed by atoms with Crippen molar-refractivity contribution in [3.8, 4) is 5.75 Å². The third kappa shape index (κ3) is 6.42. The molecule has 0 radical (unpaired) electrons. The highest BCUT2D eigenvalue weighted by molar-refractivity contribution is 5.96. The van der Waals surface area contributed by atoms with Gasteiger partial charge >= 0.3 is 0 Å². The number of fused-ring (bicyclic) bond motifs is 1. The summed E-state index contributed by atoms with van der Waals surface area (Å²) in [5.74, 6) is 0.836. The van der Waals surface area contributed by atoms with Crippen LogP contribution < -0.4 is 10.1 Å². The molecule has 0 saturated heterocycles. The molecule has 0 atom stereocenters. The van der Waals surface area contributed by atoms with Gasteiger partial charge in [0.15, 0.2) is 0 Å². The lowest BCUT2D eigenvalue weighted by Gasteiger charge is -2.13. The van der Waals surface area contributed by atoms with Gasteiger partial charge in [0, 0.05) is 30.4 Å². The number of ether oxygens (including phenoxy) is 1. The Morgan fingerprint density at radius 2 is 1.94 bits per heavy atom. The van der Waals surface area contributed by atoms with Crippen LogP contribution in [0, 0.1) is 0 Å². The molecule has 0 bridgehead atoms. The molecular formula is C27H32N2O2. The van der Waals surface area contributed by atoms with Crippen LogP contribution in [-0.4, -0.2) is 24.5 Å². The highest BCUT2D eigenvalue weighted by Gasteiger charge is 2.09. The molecule has 3 rings (SSSR count). The van der Waals surface area contributed by atoms with Crippen molar-refractivity contribution in [3.63, 3.8) is 0 Å². The number of amides is 1. The van der Waals surface area contributed by atoms with Gasteiger partial charge in [0.2, 0.25) is 5.91 Å². The zero-order valence-electron chi connectivity index (χ0n) is 18.6. The second kappa shape index (κ2) is 11.9. The summed E-state index contributed by atoms with van der Waals surface area (Å²) in [6, 6.07) is 14.4. The van der Waals surface area contributed by atoms with Gasteiger partial charge in [-0.15, -0.1) is 0 Å². The van der Waals surface area contributed by atoms with Gasteiger partial charge in [-0.3, -0.25) is 9.78 Å². The van der Waals surface area contributed by atoms with E-state index in [4.69, 9.17) is 4.74 Å². The maximum Gasteiger partial charge on any atom is 0.243 e. The van der Waals surface area contributed by atoms with Gasteiger partial charge in [-0.25, -0.2) is 0 Å². The molecule has 4 heteroatoms. The summed E-state index contributed by atoms with van der Waals surface area (Å²) in [5.41, 5.74) is 3.61. The van der Waals surface area contributed by atoms with Crippen LogP contribution >= 0.6 is 0 Å². The van der Waals surface area contributed by atoms with Crippen molar-refractivity contribution < 1.29 is 9.53 Å². The zero-order valence-corrected chi connectivity index (χ0v) is 18.6.